The Morgan fingerprint density at radius 2 is 1.48 bits per heavy atom. The summed E-state index contributed by atoms with van der Waals surface area (Å²) >= 11 is 0. The zero-order chi connectivity index (χ0) is 19.2. The highest BCUT2D eigenvalue weighted by atomic mass is 19.1. The van der Waals surface area contributed by atoms with Gasteiger partial charge in [0.2, 0.25) is 0 Å². The van der Waals surface area contributed by atoms with Crippen LogP contribution in [0.3, 0.4) is 0 Å². The van der Waals surface area contributed by atoms with Crippen LogP contribution in [0.5, 0.6) is 0 Å². The van der Waals surface area contributed by atoms with Crippen LogP contribution in [0.15, 0.2) is 65.3 Å². The van der Waals surface area contributed by atoms with E-state index in [2.05, 4.69) is 16.0 Å². The minimum absolute atomic E-state index is 0.237. The number of benzene rings is 2. The van der Waals surface area contributed by atoms with Crippen molar-refractivity contribution in [3.63, 3.8) is 0 Å². The van der Waals surface area contributed by atoms with Gasteiger partial charge in [-0.2, -0.15) is 0 Å². The molecule has 1 heterocycles. The van der Waals surface area contributed by atoms with Crippen molar-refractivity contribution < 1.29 is 22.8 Å². The van der Waals surface area contributed by atoms with Crippen LogP contribution < -0.4 is 16.0 Å². The molecule has 0 aliphatic carbocycles. The Labute approximate surface area is 153 Å². The monoisotopic (exact) mass is 371 g/mol. The van der Waals surface area contributed by atoms with E-state index < -0.39 is 29.1 Å². The molecule has 1 aromatic heterocycles. The Bertz CT molecular complexity index is 921. The second-order valence-electron chi connectivity index (χ2n) is 5.52. The van der Waals surface area contributed by atoms with Gasteiger partial charge in [-0.25, -0.2) is 13.6 Å². The molecule has 0 aliphatic rings. The first-order valence-corrected chi connectivity index (χ1v) is 7.95. The second kappa shape index (κ2) is 8.13. The highest BCUT2D eigenvalue weighted by molar-refractivity contribution is 6.04. The van der Waals surface area contributed by atoms with Gasteiger partial charge in [-0.1, -0.05) is 6.07 Å². The number of hydrogen-bond acceptors (Lipinski definition) is 3. The Morgan fingerprint density at radius 3 is 2.07 bits per heavy atom. The first-order chi connectivity index (χ1) is 13.0. The molecule has 0 unspecified atom stereocenters. The second-order valence-corrected chi connectivity index (χ2v) is 5.52. The summed E-state index contributed by atoms with van der Waals surface area (Å²) in [5.41, 5.74) is 0.142. The minimum atomic E-state index is -0.945. The SMILES string of the molecule is O=C(NCc1ccco1)Nc1ccc(NC(=O)c2c(F)cccc2F)cc1. The van der Waals surface area contributed by atoms with Gasteiger partial charge >= 0.3 is 6.03 Å². The number of carbonyl (C=O) groups is 2. The van der Waals surface area contributed by atoms with Crippen LogP contribution in [-0.2, 0) is 6.54 Å². The van der Waals surface area contributed by atoms with Crippen molar-refractivity contribution in [2.24, 2.45) is 0 Å². The number of hydrogen-bond donors (Lipinski definition) is 3. The molecule has 0 saturated heterocycles. The van der Waals surface area contributed by atoms with Crippen LogP contribution in [-0.4, -0.2) is 11.9 Å². The highest BCUT2D eigenvalue weighted by Gasteiger charge is 2.17. The van der Waals surface area contributed by atoms with E-state index >= 15 is 0 Å². The predicted octanol–water partition coefficient (Wildman–Crippen LogP) is 4.13. The molecule has 0 aliphatic heterocycles. The summed E-state index contributed by atoms with van der Waals surface area (Å²) in [5.74, 6) is -2.18. The molecule has 3 rings (SSSR count). The lowest BCUT2D eigenvalue weighted by atomic mass is 10.1. The van der Waals surface area contributed by atoms with E-state index in [9.17, 15) is 18.4 Å². The summed E-state index contributed by atoms with van der Waals surface area (Å²) in [6.45, 7) is 0.237. The summed E-state index contributed by atoms with van der Waals surface area (Å²) in [6, 6.07) is 12.3. The Hall–Kier alpha value is -3.68. The maximum absolute atomic E-state index is 13.6. The van der Waals surface area contributed by atoms with Gasteiger partial charge in [0.1, 0.15) is 23.0 Å². The summed E-state index contributed by atoms with van der Waals surface area (Å²) in [5, 5.41) is 7.63. The molecule has 3 amide bonds. The maximum atomic E-state index is 13.6. The number of carbonyl (C=O) groups excluding carboxylic acids is 2. The number of amides is 3. The molecule has 0 spiro atoms. The molecule has 0 bridgehead atoms. The average Bonchev–Trinajstić information content (AvgIpc) is 3.15. The summed E-state index contributed by atoms with van der Waals surface area (Å²) < 4.78 is 32.4. The van der Waals surface area contributed by atoms with E-state index in [1.807, 2.05) is 0 Å². The maximum Gasteiger partial charge on any atom is 0.319 e. The van der Waals surface area contributed by atoms with Crippen molar-refractivity contribution in [3.05, 3.63) is 83.8 Å². The fraction of sp³-hybridized carbons (Fsp3) is 0.0526. The van der Waals surface area contributed by atoms with Gasteiger partial charge in [0.05, 0.1) is 12.8 Å². The predicted molar refractivity (Wildman–Crippen MR) is 95.3 cm³/mol. The molecule has 8 heteroatoms. The smallest absolute Gasteiger partial charge is 0.319 e. The van der Waals surface area contributed by atoms with Crippen molar-refractivity contribution in [1.29, 1.82) is 0 Å². The number of halogens is 2. The van der Waals surface area contributed by atoms with Gasteiger partial charge in [0.25, 0.3) is 5.91 Å². The molecular formula is C19H15F2N3O3. The van der Waals surface area contributed by atoms with E-state index in [0.29, 0.717) is 17.1 Å². The summed E-state index contributed by atoms with van der Waals surface area (Å²) in [6.07, 6.45) is 1.51. The standard InChI is InChI=1S/C19H15F2N3O3/c20-15-4-1-5-16(21)17(15)18(25)23-12-6-8-13(9-7-12)24-19(26)22-11-14-3-2-10-27-14/h1-10H,11H2,(H,23,25)(H2,22,24,26). The Balaban J connectivity index is 1.57. The van der Waals surface area contributed by atoms with Crippen LogP contribution in [0.1, 0.15) is 16.1 Å². The van der Waals surface area contributed by atoms with E-state index in [4.69, 9.17) is 4.42 Å². The van der Waals surface area contributed by atoms with Crippen molar-refractivity contribution in [2.45, 2.75) is 6.54 Å². The van der Waals surface area contributed by atoms with Gasteiger partial charge in [-0.15, -0.1) is 0 Å². The third-order valence-corrected chi connectivity index (χ3v) is 3.59. The zero-order valence-corrected chi connectivity index (χ0v) is 14.0. The van der Waals surface area contributed by atoms with Crippen LogP contribution in [0.2, 0.25) is 0 Å². The van der Waals surface area contributed by atoms with Gasteiger partial charge in [-0.3, -0.25) is 4.79 Å². The average molecular weight is 371 g/mol. The molecule has 0 atom stereocenters. The first kappa shape index (κ1) is 18.1. The fourth-order valence-corrected chi connectivity index (χ4v) is 2.30. The molecule has 6 nitrogen and oxygen atoms in total. The van der Waals surface area contributed by atoms with Crippen LogP contribution in [0.25, 0.3) is 0 Å². The number of anilines is 2. The third kappa shape index (κ3) is 4.69. The minimum Gasteiger partial charge on any atom is -0.467 e. The van der Waals surface area contributed by atoms with Gasteiger partial charge < -0.3 is 20.4 Å². The molecular weight excluding hydrogens is 356 g/mol. The number of rotatable bonds is 5. The normalized spacial score (nSPS) is 10.3. The van der Waals surface area contributed by atoms with E-state index in [1.165, 1.54) is 24.5 Å². The van der Waals surface area contributed by atoms with Gasteiger partial charge in [-0.05, 0) is 48.5 Å². The van der Waals surface area contributed by atoms with E-state index in [0.717, 1.165) is 12.1 Å². The molecule has 0 saturated carbocycles. The number of urea groups is 1. The highest BCUT2D eigenvalue weighted by Crippen LogP contribution is 2.17. The van der Waals surface area contributed by atoms with Gasteiger partial charge in [0, 0.05) is 11.4 Å². The Morgan fingerprint density at radius 1 is 0.852 bits per heavy atom. The van der Waals surface area contributed by atoms with E-state index in [-0.39, 0.29) is 6.54 Å². The molecule has 3 N–H and O–H groups in total. The number of furan rings is 1. The zero-order valence-electron chi connectivity index (χ0n) is 14.0. The van der Waals surface area contributed by atoms with Crippen LogP contribution >= 0.6 is 0 Å². The molecule has 27 heavy (non-hydrogen) atoms. The molecule has 0 radical (unpaired) electrons. The van der Waals surface area contributed by atoms with Crippen molar-refractivity contribution in [1.82, 2.24) is 5.32 Å². The molecule has 138 valence electrons. The fourth-order valence-electron chi connectivity index (χ4n) is 2.30. The van der Waals surface area contributed by atoms with Crippen molar-refractivity contribution in [3.8, 4) is 0 Å². The van der Waals surface area contributed by atoms with Crippen molar-refractivity contribution in [2.75, 3.05) is 10.6 Å². The quantitative estimate of drug-likeness (QED) is 0.631. The number of nitrogens with one attached hydrogen (secondary N) is 3. The topological polar surface area (TPSA) is 83.4 Å². The van der Waals surface area contributed by atoms with Crippen LogP contribution in [0.4, 0.5) is 25.0 Å². The van der Waals surface area contributed by atoms with Gasteiger partial charge in [0.15, 0.2) is 0 Å². The largest absolute Gasteiger partial charge is 0.467 e. The van der Waals surface area contributed by atoms with E-state index in [1.54, 1.807) is 24.3 Å². The Kier molecular flexibility index (Phi) is 5.46. The lowest BCUT2D eigenvalue weighted by molar-refractivity contribution is 0.101. The lowest BCUT2D eigenvalue weighted by Crippen LogP contribution is -2.27. The molecule has 2 aromatic carbocycles. The molecule has 0 fully saturated rings. The lowest BCUT2D eigenvalue weighted by Gasteiger charge is -2.09. The van der Waals surface area contributed by atoms with Crippen molar-refractivity contribution >= 4 is 23.3 Å². The summed E-state index contributed by atoms with van der Waals surface area (Å²) in [7, 11) is 0. The van der Waals surface area contributed by atoms with Crippen LogP contribution in [0, 0.1) is 11.6 Å². The molecule has 3 aromatic rings. The third-order valence-electron chi connectivity index (χ3n) is 3.59. The summed E-state index contributed by atoms with van der Waals surface area (Å²) in [4.78, 5) is 23.8. The first-order valence-electron chi connectivity index (χ1n) is 7.95.